The van der Waals surface area contributed by atoms with Crippen molar-refractivity contribution in [2.75, 3.05) is 17.2 Å². The second kappa shape index (κ2) is 14.7. The third-order valence-corrected chi connectivity index (χ3v) is 8.35. The van der Waals surface area contributed by atoms with Gasteiger partial charge < -0.3 is 21.5 Å². The fourth-order valence-corrected chi connectivity index (χ4v) is 5.85. The average Bonchev–Trinajstić information content (AvgIpc) is 3.59. The lowest BCUT2D eigenvalue weighted by molar-refractivity contribution is -0.130. The van der Waals surface area contributed by atoms with Gasteiger partial charge in [0.1, 0.15) is 5.60 Å². The van der Waals surface area contributed by atoms with Crippen LogP contribution in [0.2, 0.25) is 0 Å². The standard InChI is InChI=1S/C34H42N10O4/c1-20-27(19-37-32(36)39-20)23-9-5-21(6-10-23)17-28(35)31(46)44(26-15-13-24(14-16-26)29-40-42-43-41-29)30(45)25-11-7-22(8-12-25)18-38-33(47)48-34(2,3)4/h5-6,9-10,13-16,19,22,25,28H,7-8,11-12,17-18,35H2,1-4H3,(H,38,47)(H2,36,37,39)(H,40,41,42,43)/t22-,25-,28-/m0/s1. The number of aromatic nitrogens is 6. The van der Waals surface area contributed by atoms with Crippen LogP contribution in [-0.2, 0) is 20.7 Å². The molecule has 0 saturated heterocycles. The predicted octanol–water partition coefficient (Wildman–Crippen LogP) is 3.98. The first-order chi connectivity index (χ1) is 22.9. The van der Waals surface area contributed by atoms with Gasteiger partial charge >= 0.3 is 6.09 Å². The highest BCUT2D eigenvalue weighted by Gasteiger charge is 2.35. The fourth-order valence-electron chi connectivity index (χ4n) is 5.85. The Hall–Kier alpha value is -5.24. The summed E-state index contributed by atoms with van der Waals surface area (Å²) < 4.78 is 5.34. The Bertz CT molecular complexity index is 1710. The molecule has 0 unspecified atom stereocenters. The number of anilines is 2. The minimum atomic E-state index is -0.978. The SMILES string of the molecule is Cc1nc(N)ncc1-c1ccc(C[C@H](N)C(=O)N(c2ccc(-c3nnn[nH]3)cc2)C(=O)[C@H]2CC[C@H](CNC(=O)OC(C)(C)C)CC2)cc1. The van der Waals surface area contributed by atoms with E-state index in [4.69, 9.17) is 16.2 Å². The number of imide groups is 1. The number of amides is 3. The lowest BCUT2D eigenvalue weighted by Gasteiger charge is -2.32. The van der Waals surface area contributed by atoms with Crippen molar-refractivity contribution in [1.29, 1.82) is 0 Å². The van der Waals surface area contributed by atoms with Gasteiger partial charge in [-0.05, 0) is 112 Å². The zero-order chi connectivity index (χ0) is 34.4. The minimum absolute atomic E-state index is 0.203. The summed E-state index contributed by atoms with van der Waals surface area (Å²) in [7, 11) is 0. The van der Waals surface area contributed by atoms with E-state index in [2.05, 4.69) is 35.9 Å². The maximum atomic E-state index is 14.1. The Labute approximate surface area is 279 Å². The molecule has 48 heavy (non-hydrogen) atoms. The van der Waals surface area contributed by atoms with Crippen molar-refractivity contribution in [2.24, 2.45) is 17.6 Å². The molecule has 252 valence electrons. The number of nitrogens with zero attached hydrogens (tertiary/aromatic N) is 6. The fraction of sp³-hybridized carbons (Fsp3) is 0.412. The van der Waals surface area contributed by atoms with Crippen LogP contribution in [0.5, 0.6) is 0 Å². The van der Waals surface area contributed by atoms with E-state index in [1.165, 1.54) is 4.90 Å². The maximum absolute atomic E-state index is 14.1. The number of ether oxygens (including phenoxy) is 1. The van der Waals surface area contributed by atoms with Crippen LogP contribution in [0.4, 0.5) is 16.4 Å². The lowest BCUT2D eigenvalue weighted by Crippen LogP contribution is -2.50. The Kier molecular flexibility index (Phi) is 10.4. The second-order valence-corrected chi connectivity index (χ2v) is 13.1. The molecule has 1 saturated carbocycles. The highest BCUT2D eigenvalue weighted by atomic mass is 16.6. The van der Waals surface area contributed by atoms with Gasteiger partial charge in [0.05, 0.1) is 17.4 Å². The van der Waals surface area contributed by atoms with Gasteiger partial charge in [0.25, 0.3) is 5.91 Å². The molecule has 1 aliphatic carbocycles. The van der Waals surface area contributed by atoms with E-state index in [1.54, 1.807) is 30.5 Å². The van der Waals surface area contributed by atoms with Crippen molar-refractivity contribution >= 4 is 29.5 Å². The third-order valence-electron chi connectivity index (χ3n) is 8.35. The normalized spacial score (nSPS) is 16.9. The van der Waals surface area contributed by atoms with Crippen molar-refractivity contribution in [1.82, 2.24) is 35.9 Å². The summed E-state index contributed by atoms with van der Waals surface area (Å²) in [6.07, 6.45) is 4.06. The Morgan fingerprint density at radius 3 is 2.29 bits per heavy atom. The number of H-pyrrole nitrogens is 1. The summed E-state index contributed by atoms with van der Waals surface area (Å²) in [6.45, 7) is 7.78. The van der Waals surface area contributed by atoms with Gasteiger partial charge in [-0.3, -0.25) is 9.59 Å². The summed E-state index contributed by atoms with van der Waals surface area (Å²) >= 11 is 0. The number of alkyl carbamates (subject to hydrolysis) is 1. The number of aromatic amines is 1. The first kappa shape index (κ1) is 34.1. The zero-order valence-corrected chi connectivity index (χ0v) is 27.6. The number of carbonyl (C=O) groups is 3. The van der Waals surface area contributed by atoms with Crippen LogP contribution in [0.1, 0.15) is 57.7 Å². The number of carbonyl (C=O) groups excluding carboxylic acids is 3. The van der Waals surface area contributed by atoms with Crippen LogP contribution in [0, 0.1) is 18.8 Å². The molecule has 1 fully saturated rings. The molecule has 2 heterocycles. The monoisotopic (exact) mass is 654 g/mol. The Morgan fingerprint density at radius 1 is 1.02 bits per heavy atom. The lowest BCUT2D eigenvalue weighted by atomic mass is 9.81. The predicted molar refractivity (Wildman–Crippen MR) is 180 cm³/mol. The van der Waals surface area contributed by atoms with Crippen LogP contribution < -0.4 is 21.7 Å². The van der Waals surface area contributed by atoms with Crippen LogP contribution in [0.25, 0.3) is 22.5 Å². The number of nitrogens with two attached hydrogens (primary N) is 2. The average molecular weight is 655 g/mol. The molecule has 0 aliphatic heterocycles. The Morgan fingerprint density at radius 2 is 1.69 bits per heavy atom. The number of aryl methyl sites for hydroxylation is 1. The first-order valence-electron chi connectivity index (χ1n) is 16.0. The molecule has 2 aromatic carbocycles. The van der Waals surface area contributed by atoms with Gasteiger partial charge in [-0.2, -0.15) is 0 Å². The zero-order valence-electron chi connectivity index (χ0n) is 27.6. The number of rotatable bonds is 9. The van der Waals surface area contributed by atoms with E-state index < -0.39 is 23.6 Å². The van der Waals surface area contributed by atoms with Gasteiger partial charge in [0, 0.05) is 29.8 Å². The summed E-state index contributed by atoms with van der Waals surface area (Å²) in [4.78, 5) is 49.8. The van der Waals surface area contributed by atoms with Crippen molar-refractivity contribution in [3.8, 4) is 22.5 Å². The van der Waals surface area contributed by atoms with Gasteiger partial charge in [0.2, 0.25) is 11.9 Å². The molecule has 2 aromatic heterocycles. The largest absolute Gasteiger partial charge is 0.444 e. The maximum Gasteiger partial charge on any atom is 0.407 e. The first-order valence-corrected chi connectivity index (χ1v) is 16.0. The molecular formula is C34H42N10O4. The topological polar surface area (TPSA) is 208 Å². The molecule has 14 heteroatoms. The highest BCUT2D eigenvalue weighted by Crippen LogP contribution is 2.32. The molecule has 1 atom stereocenters. The molecule has 4 aromatic rings. The van der Waals surface area contributed by atoms with Crippen molar-refractivity contribution < 1.29 is 19.1 Å². The molecule has 1 aliphatic rings. The van der Waals surface area contributed by atoms with Gasteiger partial charge in [0.15, 0.2) is 5.82 Å². The number of nitrogen functional groups attached to an aromatic ring is 1. The molecule has 14 nitrogen and oxygen atoms in total. The number of benzene rings is 2. The van der Waals surface area contributed by atoms with E-state index in [0.717, 1.165) is 35.2 Å². The summed E-state index contributed by atoms with van der Waals surface area (Å²) in [6, 6.07) is 13.6. The van der Waals surface area contributed by atoms with Gasteiger partial charge in [-0.15, -0.1) is 5.10 Å². The highest BCUT2D eigenvalue weighted by molar-refractivity contribution is 6.17. The number of nitrogens with one attached hydrogen (secondary N) is 2. The summed E-state index contributed by atoms with van der Waals surface area (Å²) in [5, 5.41) is 16.7. The minimum Gasteiger partial charge on any atom is -0.444 e. The smallest absolute Gasteiger partial charge is 0.407 e. The summed E-state index contributed by atoms with van der Waals surface area (Å²) in [5.41, 5.74) is 16.1. The molecule has 3 amide bonds. The van der Waals surface area contributed by atoms with E-state index in [1.807, 2.05) is 52.0 Å². The van der Waals surface area contributed by atoms with Crippen molar-refractivity contribution in [3.05, 3.63) is 66.0 Å². The van der Waals surface area contributed by atoms with Crippen molar-refractivity contribution in [2.45, 2.75) is 71.4 Å². The quantitative estimate of drug-likeness (QED) is 0.203. The van der Waals surface area contributed by atoms with Crippen LogP contribution in [0.3, 0.4) is 0 Å². The third kappa shape index (κ3) is 8.56. The molecular weight excluding hydrogens is 612 g/mol. The van der Waals surface area contributed by atoms with Crippen LogP contribution >= 0.6 is 0 Å². The summed E-state index contributed by atoms with van der Waals surface area (Å²) in [5.74, 6) is -0.280. The molecule has 6 N–H and O–H groups in total. The Balaban J connectivity index is 1.29. The van der Waals surface area contributed by atoms with Crippen LogP contribution in [-0.4, -0.2) is 66.7 Å². The van der Waals surface area contributed by atoms with Crippen molar-refractivity contribution in [3.63, 3.8) is 0 Å². The van der Waals surface area contributed by atoms with E-state index in [9.17, 15) is 14.4 Å². The number of tetrazole rings is 1. The molecule has 0 bridgehead atoms. The molecule has 0 radical (unpaired) electrons. The number of hydrogen-bond acceptors (Lipinski definition) is 11. The number of hydrogen-bond donors (Lipinski definition) is 4. The van der Waals surface area contributed by atoms with Gasteiger partial charge in [-0.25, -0.2) is 24.8 Å². The second-order valence-electron chi connectivity index (χ2n) is 13.1. The van der Waals surface area contributed by atoms with Gasteiger partial charge in [-0.1, -0.05) is 24.3 Å². The molecule has 0 spiro atoms. The van der Waals surface area contributed by atoms with E-state index in [0.29, 0.717) is 36.5 Å². The van der Waals surface area contributed by atoms with E-state index in [-0.39, 0.29) is 30.1 Å². The van der Waals surface area contributed by atoms with Crippen LogP contribution in [0.15, 0.2) is 54.7 Å². The molecule has 5 rings (SSSR count). The van der Waals surface area contributed by atoms with E-state index >= 15 is 0 Å².